The number of hydrogen-bond donors (Lipinski definition) is 3. The highest BCUT2D eigenvalue weighted by Crippen LogP contribution is 2.44. The van der Waals surface area contributed by atoms with E-state index in [2.05, 4.69) is 22.9 Å². The van der Waals surface area contributed by atoms with Crippen LogP contribution in [0.4, 0.5) is 4.79 Å². The molecule has 1 saturated carbocycles. The molecule has 1 saturated heterocycles. The molecule has 1 atom stereocenters. The number of aliphatic carboxylic acids is 1. The molecule has 5 rings (SSSR count). The first kappa shape index (κ1) is 22.9. The van der Waals surface area contributed by atoms with Gasteiger partial charge in [0.1, 0.15) is 6.61 Å². The zero-order chi connectivity index (χ0) is 24.6. The zero-order valence-electron chi connectivity index (χ0n) is 19.2. The van der Waals surface area contributed by atoms with Crippen molar-refractivity contribution in [2.24, 2.45) is 0 Å². The van der Waals surface area contributed by atoms with E-state index in [9.17, 15) is 24.3 Å². The molecule has 1 heterocycles. The predicted octanol–water partition coefficient (Wildman–Crippen LogP) is 2.94. The van der Waals surface area contributed by atoms with E-state index in [4.69, 9.17) is 4.74 Å². The minimum absolute atomic E-state index is 0.0783. The summed E-state index contributed by atoms with van der Waals surface area (Å²) in [5, 5.41) is 13.1. The highest BCUT2D eigenvalue weighted by atomic mass is 16.5. The van der Waals surface area contributed by atoms with Crippen LogP contribution in [0.25, 0.3) is 11.1 Å². The van der Waals surface area contributed by atoms with Crippen molar-refractivity contribution in [1.82, 2.24) is 15.8 Å². The number of nitrogens with one attached hydrogen (secondary N) is 2. The van der Waals surface area contributed by atoms with Crippen LogP contribution in [0.3, 0.4) is 0 Å². The van der Waals surface area contributed by atoms with Gasteiger partial charge in [-0.1, -0.05) is 61.4 Å². The van der Waals surface area contributed by atoms with Crippen molar-refractivity contribution < 1.29 is 29.0 Å². The lowest BCUT2D eigenvalue weighted by Crippen LogP contribution is -2.53. The van der Waals surface area contributed by atoms with Crippen molar-refractivity contribution >= 4 is 23.9 Å². The first-order valence-corrected chi connectivity index (χ1v) is 11.8. The molecule has 3 aliphatic rings. The van der Waals surface area contributed by atoms with Gasteiger partial charge in [0.2, 0.25) is 11.8 Å². The van der Waals surface area contributed by atoms with E-state index in [1.54, 1.807) is 0 Å². The highest BCUT2D eigenvalue weighted by molar-refractivity contribution is 5.94. The Labute approximate surface area is 202 Å². The molecular weight excluding hydrogens is 450 g/mol. The maximum atomic E-state index is 12.9. The van der Waals surface area contributed by atoms with Gasteiger partial charge in [0, 0.05) is 5.92 Å². The van der Waals surface area contributed by atoms with Crippen LogP contribution in [0.2, 0.25) is 0 Å². The number of benzene rings is 2. The summed E-state index contributed by atoms with van der Waals surface area (Å²) in [6.07, 6.45) is 1.79. The number of amides is 3. The fourth-order valence-corrected chi connectivity index (χ4v) is 5.58. The van der Waals surface area contributed by atoms with E-state index < -0.39 is 35.5 Å². The lowest BCUT2D eigenvalue weighted by atomic mass is 9.92. The molecule has 3 amide bonds. The predicted molar refractivity (Wildman–Crippen MR) is 125 cm³/mol. The largest absolute Gasteiger partial charge is 0.480 e. The Morgan fingerprint density at radius 3 is 2.23 bits per heavy atom. The van der Waals surface area contributed by atoms with Crippen molar-refractivity contribution in [3.8, 4) is 11.1 Å². The molecule has 2 aromatic rings. The topological polar surface area (TPSA) is 125 Å². The van der Waals surface area contributed by atoms with E-state index in [0.717, 1.165) is 40.1 Å². The van der Waals surface area contributed by atoms with Crippen LogP contribution in [0.15, 0.2) is 48.5 Å². The average Bonchev–Trinajstić information content (AvgIpc) is 3.54. The Kier molecular flexibility index (Phi) is 5.92. The normalized spacial score (nSPS) is 20.2. The second kappa shape index (κ2) is 9.05. The molecule has 3 N–H and O–H groups in total. The number of ether oxygens (including phenoxy) is 1. The van der Waals surface area contributed by atoms with Crippen LogP contribution in [-0.2, 0) is 19.1 Å². The summed E-state index contributed by atoms with van der Waals surface area (Å²) in [6.45, 7) is 0.160. The summed E-state index contributed by atoms with van der Waals surface area (Å²) >= 11 is 0. The number of carboxylic acids is 1. The molecule has 2 aliphatic carbocycles. The van der Waals surface area contributed by atoms with Crippen molar-refractivity contribution in [2.45, 2.75) is 56.0 Å². The molecule has 2 fully saturated rings. The first-order valence-electron chi connectivity index (χ1n) is 11.8. The number of carboxylic acid groups (broad SMARTS) is 1. The maximum absolute atomic E-state index is 12.9. The van der Waals surface area contributed by atoms with Crippen molar-refractivity contribution in [2.75, 3.05) is 6.61 Å². The molecule has 1 aliphatic heterocycles. The quantitative estimate of drug-likeness (QED) is 0.588. The second-order valence-corrected chi connectivity index (χ2v) is 9.47. The molecular formula is C26H27N3O6. The minimum Gasteiger partial charge on any atom is -0.480 e. The number of rotatable bonds is 6. The molecule has 182 valence electrons. The third-order valence-electron chi connectivity index (χ3n) is 7.25. The van der Waals surface area contributed by atoms with Crippen LogP contribution in [0, 0.1) is 0 Å². The fourth-order valence-electron chi connectivity index (χ4n) is 5.58. The summed E-state index contributed by atoms with van der Waals surface area (Å²) in [4.78, 5) is 49.0. The minimum atomic E-state index is -1.25. The molecule has 0 radical (unpaired) electrons. The Morgan fingerprint density at radius 2 is 1.63 bits per heavy atom. The lowest BCUT2D eigenvalue weighted by molar-refractivity contribution is -0.151. The fraction of sp³-hybridized carbons (Fsp3) is 0.385. The Balaban J connectivity index is 1.26. The van der Waals surface area contributed by atoms with Crippen LogP contribution in [0.1, 0.15) is 55.6 Å². The standard InChI is InChI=1S/C26H27N3O6/c30-22-13-21(24(32)33)29(28-22)23(31)14-26(11-5-6-12-26)27-25(34)35-15-20-18-9-3-1-7-16(18)17-8-2-4-10-19(17)20/h1-4,7-10,20-21H,5-6,11-15H2,(H,27,34)(H,28,30)(H,32,33). The maximum Gasteiger partial charge on any atom is 0.407 e. The van der Waals surface area contributed by atoms with Gasteiger partial charge in [-0.2, -0.15) is 0 Å². The summed E-state index contributed by atoms with van der Waals surface area (Å²) in [7, 11) is 0. The van der Waals surface area contributed by atoms with Gasteiger partial charge in [-0.05, 0) is 35.1 Å². The Hall–Kier alpha value is -3.88. The smallest absolute Gasteiger partial charge is 0.407 e. The Bertz CT molecular complexity index is 1140. The summed E-state index contributed by atoms with van der Waals surface area (Å²) in [5.41, 5.74) is 5.98. The van der Waals surface area contributed by atoms with Crippen LogP contribution < -0.4 is 10.7 Å². The van der Waals surface area contributed by atoms with Gasteiger partial charge in [0.25, 0.3) is 0 Å². The summed E-state index contributed by atoms with van der Waals surface area (Å²) in [5.74, 6) is -2.38. The van der Waals surface area contributed by atoms with Gasteiger partial charge in [0.05, 0.1) is 18.4 Å². The molecule has 1 unspecified atom stereocenters. The molecule has 2 aromatic carbocycles. The van der Waals surface area contributed by atoms with Crippen LogP contribution >= 0.6 is 0 Å². The molecule has 35 heavy (non-hydrogen) atoms. The molecule has 9 nitrogen and oxygen atoms in total. The second-order valence-electron chi connectivity index (χ2n) is 9.47. The Morgan fingerprint density at radius 1 is 1.03 bits per heavy atom. The highest BCUT2D eigenvalue weighted by Gasteiger charge is 2.44. The van der Waals surface area contributed by atoms with Crippen LogP contribution in [-0.4, -0.2) is 52.2 Å². The van der Waals surface area contributed by atoms with Gasteiger partial charge < -0.3 is 15.2 Å². The van der Waals surface area contributed by atoms with E-state index in [1.165, 1.54) is 0 Å². The van der Waals surface area contributed by atoms with Gasteiger partial charge in [-0.15, -0.1) is 0 Å². The SMILES string of the molecule is O=C1CC(C(=O)O)N(C(=O)CC2(NC(=O)OCC3c4ccccc4-c4ccccc43)CCCC2)N1. The van der Waals surface area contributed by atoms with Crippen molar-refractivity contribution in [3.05, 3.63) is 59.7 Å². The number of nitrogens with zero attached hydrogens (tertiary/aromatic N) is 1. The first-order chi connectivity index (χ1) is 16.9. The zero-order valence-corrected chi connectivity index (χ0v) is 19.2. The number of carbonyl (C=O) groups excluding carboxylic acids is 3. The summed E-state index contributed by atoms with van der Waals surface area (Å²) < 4.78 is 5.67. The number of carbonyl (C=O) groups is 4. The lowest BCUT2D eigenvalue weighted by Gasteiger charge is -2.32. The van der Waals surface area contributed by atoms with Gasteiger partial charge in [0.15, 0.2) is 6.04 Å². The van der Waals surface area contributed by atoms with E-state index >= 15 is 0 Å². The number of hydrogen-bond acceptors (Lipinski definition) is 5. The number of fused-ring (bicyclic) bond motifs is 3. The van der Waals surface area contributed by atoms with E-state index in [1.807, 2.05) is 36.4 Å². The van der Waals surface area contributed by atoms with Gasteiger partial charge in [-0.3, -0.25) is 15.0 Å². The van der Waals surface area contributed by atoms with Gasteiger partial charge >= 0.3 is 12.1 Å². The van der Waals surface area contributed by atoms with Gasteiger partial charge in [-0.25, -0.2) is 14.6 Å². The molecule has 0 aromatic heterocycles. The number of hydrazine groups is 1. The average molecular weight is 478 g/mol. The monoisotopic (exact) mass is 477 g/mol. The molecule has 9 heteroatoms. The third kappa shape index (κ3) is 4.34. The van der Waals surface area contributed by atoms with E-state index in [-0.39, 0.29) is 25.4 Å². The third-order valence-corrected chi connectivity index (χ3v) is 7.25. The number of alkyl carbamates (subject to hydrolysis) is 1. The van der Waals surface area contributed by atoms with Crippen molar-refractivity contribution in [1.29, 1.82) is 0 Å². The van der Waals surface area contributed by atoms with E-state index in [0.29, 0.717) is 12.8 Å². The molecule has 0 spiro atoms. The molecule has 0 bridgehead atoms. The van der Waals surface area contributed by atoms with Crippen molar-refractivity contribution in [3.63, 3.8) is 0 Å². The summed E-state index contributed by atoms with van der Waals surface area (Å²) in [6, 6.07) is 14.9. The van der Waals surface area contributed by atoms with Crippen LogP contribution in [0.5, 0.6) is 0 Å².